The van der Waals surface area contributed by atoms with Crippen molar-refractivity contribution in [3.8, 4) is 5.69 Å². The number of carbonyl (C=O) groups is 1. The first-order chi connectivity index (χ1) is 8.11. The van der Waals surface area contributed by atoms with Crippen molar-refractivity contribution in [1.29, 1.82) is 0 Å². The zero-order valence-electron chi connectivity index (χ0n) is 9.44. The smallest absolute Gasteiger partial charge is 0.290 e. The highest BCUT2D eigenvalue weighted by Crippen LogP contribution is 2.14. The fourth-order valence-electron chi connectivity index (χ4n) is 1.42. The SMILES string of the molecule is CNC(=O)c1nc(C)n(-c2ccc(Cl)cc2)n1. The van der Waals surface area contributed by atoms with Gasteiger partial charge in [0.15, 0.2) is 0 Å². The van der Waals surface area contributed by atoms with Gasteiger partial charge in [0.1, 0.15) is 5.82 Å². The van der Waals surface area contributed by atoms with Gasteiger partial charge in [-0.25, -0.2) is 9.67 Å². The molecule has 2 rings (SSSR count). The molecule has 0 bridgehead atoms. The Morgan fingerprint density at radius 1 is 1.35 bits per heavy atom. The third-order valence-corrected chi connectivity index (χ3v) is 2.52. The van der Waals surface area contributed by atoms with E-state index < -0.39 is 0 Å². The van der Waals surface area contributed by atoms with Crippen molar-refractivity contribution in [2.45, 2.75) is 6.92 Å². The van der Waals surface area contributed by atoms with Gasteiger partial charge in [-0.3, -0.25) is 4.79 Å². The number of rotatable bonds is 2. The lowest BCUT2D eigenvalue weighted by atomic mass is 10.3. The summed E-state index contributed by atoms with van der Waals surface area (Å²) in [6.45, 7) is 1.79. The number of benzene rings is 1. The predicted octanol–water partition coefficient (Wildman–Crippen LogP) is 1.59. The molecule has 17 heavy (non-hydrogen) atoms. The van der Waals surface area contributed by atoms with Crippen LogP contribution < -0.4 is 5.32 Å². The summed E-state index contributed by atoms with van der Waals surface area (Å²) in [5.74, 6) is 0.492. The normalized spacial score (nSPS) is 10.3. The van der Waals surface area contributed by atoms with Crippen molar-refractivity contribution in [3.05, 3.63) is 40.9 Å². The average Bonchev–Trinajstić information content (AvgIpc) is 2.71. The third-order valence-electron chi connectivity index (χ3n) is 2.27. The van der Waals surface area contributed by atoms with E-state index in [9.17, 15) is 4.79 Å². The summed E-state index contributed by atoms with van der Waals surface area (Å²) < 4.78 is 1.60. The molecule has 1 aromatic heterocycles. The maximum absolute atomic E-state index is 11.4. The van der Waals surface area contributed by atoms with Crippen molar-refractivity contribution in [3.63, 3.8) is 0 Å². The summed E-state index contributed by atoms with van der Waals surface area (Å²) in [6.07, 6.45) is 0. The summed E-state index contributed by atoms with van der Waals surface area (Å²) in [4.78, 5) is 15.5. The van der Waals surface area contributed by atoms with Crippen LogP contribution in [0.2, 0.25) is 5.02 Å². The van der Waals surface area contributed by atoms with Crippen molar-refractivity contribution >= 4 is 17.5 Å². The molecule has 1 amide bonds. The van der Waals surface area contributed by atoms with Crippen LogP contribution in [0.3, 0.4) is 0 Å². The molecule has 0 atom stereocenters. The fourth-order valence-corrected chi connectivity index (χ4v) is 1.55. The summed E-state index contributed by atoms with van der Waals surface area (Å²) in [5, 5.41) is 7.27. The lowest BCUT2D eigenvalue weighted by Gasteiger charge is -2.01. The first kappa shape index (κ1) is 11.6. The van der Waals surface area contributed by atoms with Crippen LogP contribution in [0.25, 0.3) is 5.69 Å². The molecule has 88 valence electrons. The number of nitrogens with one attached hydrogen (secondary N) is 1. The van der Waals surface area contributed by atoms with Crippen LogP contribution in [0.5, 0.6) is 0 Å². The summed E-state index contributed by atoms with van der Waals surface area (Å²) in [5.41, 5.74) is 0.814. The van der Waals surface area contributed by atoms with Crippen molar-refractivity contribution < 1.29 is 4.79 Å². The van der Waals surface area contributed by atoms with Crippen LogP contribution in [0.1, 0.15) is 16.4 Å². The highest BCUT2D eigenvalue weighted by atomic mass is 35.5. The lowest BCUT2D eigenvalue weighted by molar-refractivity contribution is 0.0953. The highest BCUT2D eigenvalue weighted by molar-refractivity contribution is 6.30. The second-order valence-corrected chi connectivity index (χ2v) is 3.89. The van der Waals surface area contributed by atoms with Gasteiger partial charge in [-0.2, -0.15) is 0 Å². The minimum Gasteiger partial charge on any atom is -0.352 e. The summed E-state index contributed by atoms with van der Waals surface area (Å²) in [6, 6.07) is 7.16. The van der Waals surface area contributed by atoms with Crippen molar-refractivity contribution in [1.82, 2.24) is 20.1 Å². The summed E-state index contributed by atoms with van der Waals surface area (Å²) in [7, 11) is 1.54. The maximum atomic E-state index is 11.4. The van der Waals surface area contributed by atoms with E-state index in [1.54, 1.807) is 30.8 Å². The number of hydrogen-bond acceptors (Lipinski definition) is 3. The van der Waals surface area contributed by atoms with Crippen LogP contribution in [0.4, 0.5) is 0 Å². The number of carbonyl (C=O) groups excluding carboxylic acids is 1. The van der Waals surface area contributed by atoms with Gasteiger partial charge in [-0.05, 0) is 31.2 Å². The molecule has 0 radical (unpaired) electrons. The zero-order chi connectivity index (χ0) is 12.4. The molecule has 0 spiro atoms. The highest BCUT2D eigenvalue weighted by Gasteiger charge is 2.13. The van der Waals surface area contributed by atoms with E-state index in [2.05, 4.69) is 15.4 Å². The van der Waals surface area contributed by atoms with Crippen LogP contribution in [0.15, 0.2) is 24.3 Å². The Morgan fingerprint density at radius 3 is 2.59 bits per heavy atom. The van der Waals surface area contributed by atoms with E-state index in [0.717, 1.165) is 5.69 Å². The molecule has 1 N–H and O–H groups in total. The molecule has 0 saturated carbocycles. The molecule has 5 nitrogen and oxygen atoms in total. The molecular weight excluding hydrogens is 240 g/mol. The number of amides is 1. The van der Waals surface area contributed by atoms with Gasteiger partial charge in [-0.1, -0.05) is 11.6 Å². The van der Waals surface area contributed by atoms with E-state index in [4.69, 9.17) is 11.6 Å². The Balaban J connectivity index is 2.42. The largest absolute Gasteiger partial charge is 0.352 e. The van der Waals surface area contributed by atoms with Gasteiger partial charge in [0.05, 0.1) is 5.69 Å². The van der Waals surface area contributed by atoms with E-state index >= 15 is 0 Å². The van der Waals surface area contributed by atoms with E-state index in [1.165, 1.54) is 0 Å². The third kappa shape index (κ3) is 2.29. The number of halogens is 1. The first-order valence-corrected chi connectivity index (χ1v) is 5.41. The number of aryl methyl sites for hydroxylation is 1. The van der Waals surface area contributed by atoms with Gasteiger partial charge in [0.2, 0.25) is 5.82 Å². The molecule has 0 aliphatic carbocycles. The Labute approximate surface area is 103 Å². The maximum Gasteiger partial charge on any atom is 0.290 e. The molecule has 1 aromatic carbocycles. The van der Waals surface area contributed by atoms with Crippen LogP contribution in [-0.2, 0) is 0 Å². The summed E-state index contributed by atoms with van der Waals surface area (Å²) >= 11 is 5.81. The topological polar surface area (TPSA) is 59.8 Å². The van der Waals surface area contributed by atoms with E-state index in [1.807, 2.05) is 12.1 Å². The lowest BCUT2D eigenvalue weighted by Crippen LogP contribution is -2.19. The van der Waals surface area contributed by atoms with E-state index in [-0.39, 0.29) is 11.7 Å². The van der Waals surface area contributed by atoms with Gasteiger partial charge in [0.25, 0.3) is 5.91 Å². The molecule has 1 heterocycles. The van der Waals surface area contributed by atoms with Gasteiger partial charge in [-0.15, -0.1) is 5.10 Å². The first-order valence-electron chi connectivity index (χ1n) is 5.03. The second-order valence-electron chi connectivity index (χ2n) is 3.45. The number of aromatic nitrogens is 3. The minimum absolute atomic E-state index is 0.153. The Kier molecular flexibility index (Phi) is 3.10. The molecular formula is C11H11ClN4O. The minimum atomic E-state index is -0.305. The van der Waals surface area contributed by atoms with Gasteiger partial charge < -0.3 is 5.32 Å². The van der Waals surface area contributed by atoms with Gasteiger partial charge >= 0.3 is 0 Å². The molecule has 6 heteroatoms. The van der Waals surface area contributed by atoms with Crippen LogP contribution in [0, 0.1) is 6.92 Å². The van der Waals surface area contributed by atoms with Crippen LogP contribution in [-0.4, -0.2) is 27.7 Å². The predicted molar refractivity (Wildman–Crippen MR) is 64.5 cm³/mol. The molecule has 0 unspecified atom stereocenters. The number of hydrogen-bond donors (Lipinski definition) is 1. The van der Waals surface area contributed by atoms with E-state index in [0.29, 0.717) is 10.8 Å². The zero-order valence-corrected chi connectivity index (χ0v) is 10.2. The molecule has 0 aliphatic rings. The average molecular weight is 251 g/mol. The quantitative estimate of drug-likeness (QED) is 0.881. The van der Waals surface area contributed by atoms with Crippen molar-refractivity contribution in [2.75, 3.05) is 7.05 Å². The number of nitrogens with zero attached hydrogens (tertiary/aromatic N) is 3. The Bertz CT molecular complexity index is 547. The molecule has 0 saturated heterocycles. The molecule has 2 aromatic rings. The second kappa shape index (κ2) is 4.55. The standard InChI is InChI=1S/C11H11ClN4O/c1-7-14-10(11(17)13-2)15-16(7)9-5-3-8(12)4-6-9/h3-6H,1-2H3,(H,13,17). The van der Waals surface area contributed by atoms with Crippen LogP contribution >= 0.6 is 11.6 Å². The van der Waals surface area contributed by atoms with Gasteiger partial charge in [0, 0.05) is 12.1 Å². The molecule has 0 aliphatic heterocycles. The van der Waals surface area contributed by atoms with Crippen molar-refractivity contribution in [2.24, 2.45) is 0 Å². The Morgan fingerprint density at radius 2 is 2.00 bits per heavy atom. The fraction of sp³-hybridized carbons (Fsp3) is 0.182. The Hall–Kier alpha value is -1.88. The molecule has 0 fully saturated rings. The monoisotopic (exact) mass is 250 g/mol.